The number of anilines is 1. The van der Waals surface area contributed by atoms with Crippen molar-refractivity contribution in [3.63, 3.8) is 0 Å². The van der Waals surface area contributed by atoms with Crippen molar-refractivity contribution in [1.82, 2.24) is 4.90 Å². The number of piperidine rings is 1. The molecule has 3 atom stereocenters. The SMILES string of the molecule is O=S(=O)(Nc1ccc([C@H]2O[C@@H](CN3CCC4(CC3)OCCO4)C[C@@H](c3ccc(CO)cc3)O2)cc1)c1ccccc1. The highest BCUT2D eigenvalue weighted by Crippen LogP contribution is 2.39. The third kappa shape index (κ3) is 6.65. The van der Waals surface area contributed by atoms with Gasteiger partial charge in [-0.1, -0.05) is 54.6 Å². The van der Waals surface area contributed by atoms with E-state index in [4.69, 9.17) is 18.9 Å². The molecule has 3 aliphatic heterocycles. The highest BCUT2D eigenvalue weighted by molar-refractivity contribution is 7.92. The van der Waals surface area contributed by atoms with Crippen LogP contribution in [0, 0.1) is 0 Å². The first-order valence-corrected chi connectivity index (χ1v) is 15.6. The van der Waals surface area contributed by atoms with E-state index in [2.05, 4.69) is 9.62 Å². The predicted molar refractivity (Wildman–Crippen MR) is 152 cm³/mol. The van der Waals surface area contributed by atoms with Crippen LogP contribution in [-0.2, 0) is 35.6 Å². The Hall–Kier alpha value is -2.83. The Morgan fingerprint density at radius 1 is 0.854 bits per heavy atom. The molecule has 10 heteroatoms. The van der Waals surface area contributed by atoms with Gasteiger partial charge in [-0.05, 0) is 35.4 Å². The van der Waals surface area contributed by atoms with Crippen molar-refractivity contribution in [1.29, 1.82) is 0 Å². The first-order chi connectivity index (χ1) is 19.9. The van der Waals surface area contributed by atoms with Gasteiger partial charge in [-0.15, -0.1) is 0 Å². The van der Waals surface area contributed by atoms with Gasteiger partial charge in [0.1, 0.15) is 0 Å². The van der Waals surface area contributed by atoms with Crippen molar-refractivity contribution in [2.24, 2.45) is 0 Å². The molecule has 3 aliphatic rings. The Morgan fingerprint density at radius 2 is 1.51 bits per heavy atom. The zero-order valence-corrected chi connectivity index (χ0v) is 23.7. The molecule has 0 aliphatic carbocycles. The number of benzene rings is 3. The number of rotatable bonds is 8. The maximum absolute atomic E-state index is 12.8. The van der Waals surface area contributed by atoms with Crippen molar-refractivity contribution in [3.05, 3.63) is 95.6 Å². The smallest absolute Gasteiger partial charge is 0.261 e. The normalized spacial score (nSPS) is 24.9. The van der Waals surface area contributed by atoms with Gasteiger partial charge in [-0.3, -0.25) is 4.72 Å². The standard InChI is InChI=1S/C31H36N2O7S/c34-22-23-6-8-24(9-7-23)29-20-27(21-33-16-14-31(15-17-33)37-18-19-38-31)39-30(40-29)25-10-12-26(13-11-25)32-41(35,36)28-4-2-1-3-5-28/h1-13,27,29-30,32,34H,14-22H2/t27-,29+,30+/m1/s1. The number of hydrogen-bond acceptors (Lipinski definition) is 8. The topological polar surface area (TPSA) is 107 Å². The molecule has 41 heavy (non-hydrogen) atoms. The lowest BCUT2D eigenvalue weighted by molar-refractivity contribution is -0.255. The minimum atomic E-state index is -3.69. The van der Waals surface area contributed by atoms with Gasteiger partial charge >= 0.3 is 0 Å². The van der Waals surface area contributed by atoms with Crippen LogP contribution in [-0.4, -0.2) is 63.2 Å². The highest BCUT2D eigenvalue weighted by atomic mass is 32.2. The van der Waals surface area contributed by atoms with Gasteiger partial charge in [-0.25, -0.2) is 8.42 Å². The molecule has 2 N–H and O–H groups in total. The molecule has 3 aromatic carbocycles. The van der Waals surface area contributed by atoms with Crippen LogP contribution in [0.15, 0.2) is 83.8 Å². The van der Waals surface area contributed by atoms with E-state index in [0.717, 1.165) is 49.2 Å². The van der Waals surface area contributed by atoms with E-state index in [1.165, 1.54) is 0 Å². The largest absolute Gasteiger partial charge is 0.392 e. The summed E-state index contributed by atoms with van der Waals surface area (Å²) in [5.74, 6) is -0.420. The summed E-state index contributed by atoms with van der Waals surface area (Å²) in [7, 11) is -3.69. The third-order valence-electron chi connectivity index (χ3n) is 8.00. The lowest BCUT2D eigenvalue weighted by Gasteiger charge is -2.41. The number of hydrogen-bond donors (Lipinski definition) is 2. The average Bonchev–Trinajstić information content (AvgIpc) is 3.47. The highest BCUT2D eigenvalue weighted by Gasteiger charge is 2.41. The van der Waals surface area contributed by atoms with E-state index in [0.29, 0.717) is 25.3 Å². The second kappa shape index (κ2) is 12.2. The molecule has 0 radical (unpaired) electrons. The van der Waals surface area contributed by atoms with Crippen LogP contribution in [0.4, 0.5) is 5.69 Å². The van der Waals surface area contributed by atoms with Crippen molar-refractivity contribution < 1.29 is 32.5 Å². The Balaban J connectivity index is 1.16. The summed E-state index contributed by atoms with van der Waals surface area (Å²) in [6, 6.07) is 23.2. The molecular formula is C31H36N2O7S. The number of aliphatic hydroxyl groups excluding tert-OH is 1. The minimum absolute atomic E-state index is 0.00950. The van der Waals surface area contributed by atoms with Crippen LogP contribution in [0.25, 0.3) is 0 Å². The number of likely N-dealkylation sites (tertiary alicyclic amines) is 1. The van der Waals surface area contributed by atoms with Gasteiger partial charge < -0.3 is 29.0 Å². The maximum Gasteiger partial charge on any atom is 0.261 e. The molecule has 0 bridgehead atoms. The molecule has 1 spiro atoms. The lowest BCUT2D eigenvalue weighted by atomic mass is 9.98. The number of nitrogens with one attached hydrogen (secondary N) is 1. The summed E-state index contributed by atoms with van der Waals surface area (Å²) in [5.41, 5.74) is 3.14. The predicted octanol–water partition coefficient (Wildman–Crippen LogP) is 4.36. The molecule has 6 rings (SSSR count). The van der Waals surface area contributed by atoms with Gasteiger partial charge in [0.2, 0.25) is 0 Å². The van der Waals surface area contributed by atoms with Crippen LogP contribution < -0.4 is 4.72 Å². The monoisotopic (exact) mass is 580 g/mol. The molecule has 0 aromatic heterocycles. The Kier molecular flexibility index (Phi) is 8.41. The molecular weight excluding hydrogens is 544 g/mol. The van der Waals surface area contributed by atoms with Crippen molar-refractivity contribution in [2.75, 3.05) is 37.6 Å². The third-order valence-corrected chi connectivity index (χ3v) is 9.39. The molecule has 218 valence electrons. The van der Waals surface area contributed by atoms with Gasteiger partial charge in [0.15, 0.2) is 12.1 Å². The van der Waals surface area contributed by atoms with Crippen LogP contribution in [0.3, 0.4) is 0 Å². The first-order valence-electron chi connectivity index (χ1n) is 14.1. The molecule has 9 nitrogen and oxygen atoms in total. The second-order valence-electron chi connectivity index (χ2n) is 10.8. The van der Waals surface area contributed by atoms with Crippen molar-refractivity contribution in [3.8, 4) is 0 Å². The van der Waals surface area contributed by atoms with Crippen LogP contribution in [0.2, 0.25) is 0 Å². The summed E-state index contributed by atoms with van der Waals surface area (Å²) in [5, 5.41) is 9.47. The summed E-state index contributed by atoms with van der Waals surface area (Å²) < 4.78 is 52.9. The summed E-state index contributed by atoms with van der Waals surface area (Å²) in [6.45, 7) is 3.82. The van der Waals surface area contributed by atoms with Crippen LogP contribution in [0.1, 0.15) is 48.3 Å². The lowest BCUT2D eigenvalue weighted by Crippen LogP contribution is -2.48. The number of ether oxygens (including phenoxy) is 4. The molecule has 3 heterocycles. The van der Waals surface area contributed by atoms with E-state index < -0.39 is 22.1 Å². The Bertz CT molecular complexity index is 1380. The Labute approximate surface area is 241 Å². The summed E-state index contributed by atoms with van der Waals surface area (Å²) >= 11 is 0. The summed E-state index contributed by atoms with van der Waals surface area (Å²) in [4.78, 5) is 2.60. The molecule has 3 saturated heterocycles. The van der Waals surface area contributed by atoms with Crippen molar-refractivity contribution >= 4 is 15.7 Å². The fourth-order valence-corrected chi connectivity index (χ4v) is 6.78. The van der Waals surface area contributed by atoms with Gasteiger partial charge in [0, 0.05) is 50.1 Å². The Morgan fingerprint density at radius 3 is 2.17 bits per heavy atom. The molecule has 3 fully saturated rings. The zero-order valence-electron chi connectivity index (χ0n) is 22.9. The number of aliphatic hydroxyl groups is 1. The maximum atomic E-state index is 12.8. The molecule has 0 amide bonds. The van der Waals surface area contributed by atoms with Gasteiger partial charge in [0.05, 0.1) is 36.9 Å². The second-order valence-corrected chi connectivity index (χ2v) is 12.5. The van der Waals surface area contributed by atoms with Crippen LogP contribution in [0.5, 0.6) is 0 Å². The molecule has 0 unspecified atom stereocenters. The number of sulfonamides is 1. The van der Waals surface area contributed by atoms with E-state index in [9.17, 15) is 13.5 Å². The van der Waals surface area contributed by atoms with E-state index in [1.54, 1.807) is 42.5 Å². The number of nitrogens with zero attached hydrogens (tertiary/aromatic N) is 1. The minimum Gasteiger partial charge on any atom is -0.392 e. The molecule has 0 saturated carbocycles. The fourth-order valence-electron chi connectivity index (χ4n) is 5.70. The molecule has 3 aromatic rings. The summed E-state index contributed by atoms with van der Waals surface area (Å²) in [6.07, 6.45) is 1.48. The van der Waals surface area contributed by atoms with E-state index in [1.807, 2.05) is 36.4 Å². The quantitative estimate of drug-likeness (QED) is 0.405. The van der Waals surface area contributed by atoms with Crippen molar-refractivity contribution in [2.45, 2.75) is 55.0 Å². The van der Waals surface area contributed by atoms with Crippen LogP contribution >= 0.6 is 0 Å². The van der Waals surface area contributed by atoms with E-state index >= 15 is 0 Å². The first kappa shape index (κ1) is 28.3. The van der Waals surface area contributed by atoms with Gasteiger partial charge in [-0.2, -0.15) is 0 Å². The fraction of sp³-hybridized carbons (Fsp3) is 0.419. The van der Waals surface area contributed by atoms with E-state index in [-0.39, 0.29) is 23.7 Å². The average molecular weight is 581 g/mol. The zero-order chi connectivity index (χ0) is 28.3. The van der Waals surface area contributed by atoms with Gasteiger partial charge in [0.25, 0.3) is 10.0 Å².